The maximum Gasteiger partial charge on any atom is 0.410 e. The number of hydrogen-bond donors (Lipinski definition) is 2. The Kier molecular flexibility index (Phi) is 13.2. The summed E-state index contributed by atoms with van der Waals surface area (Å²) >= 11 is 7.67. The third-order valence-corrected chi connectivity index (χ3v) is 14.5. The van der Waals surface area contributed by atoms with Gasteiger partial charge < -0.3 is 24.7 Å². The highest BCUT2D eigenvalue weighted by Gasteiger charge is 2.37. The molecule has 0 spiro atoms. The predicted octanol–water partition coefficient (Wildman–Crippen LogP) is 8.46. The van der Waals surface area contributed by atoms with Crippen LogP contribution in [-0.4, -0.2) is 95.0 Å². The number of carbonyl (C=O) groups excluding carboxylic acids is 2. The van der Waals surface area contributed by atoms with Gasteiger partial charge in [-0.2, -0.15) is 0 Å². The van der Waals surface area contributed by atoms with Gasteiger partial charge in [0.15, 0.2) is 8.32 Å². The summed E-state index contributed by atoms with van der Waals surface area (Å²) in [6.45, 7) is 22.2. The summed E-state index contributed by atoms with van der Waals surface area (Å²) in [5.41, 5.74) is 1.20. The monoisotopic (exact) mass is 759 g/mol. The number of thioether (sulfide) groups is 1. The minimum atomic E-state index is -1.92. The summed E-state index contributed by atoms with van der Waals surface area (Å²) in [7, 11) is -1.92. The summed E-state index contributed by atoms with van der Waals surface area (Å²) in [5, 5.41) is 16.1. The molecule has 0 aliphatic carbocycles. The van der Waals surface area contributed by atoms with Crippen LogP contribution in [0.3, 0.4) is 0 Å². The molecule has 2 unspecified atom stereocenters. The number of nitrogens with one attached hydrogen (secondary N) is 2. The van der Waals surface area contributed by atoms with Crippen LogP contribution in [-0.2, 0) is 14.0 Å². The Morgan fingerprint density at radius 2 is 1.73 bits per heavy atom. The second-order valence-electron chi connectivity index (χ2n) is 15.4. The Morgan fingerprint density at radius 3 is 2.37 bits per heavy atom. The molecule has 3 aromatic rings. The fourth-order valence-electron chi connectivity index (χ4n) is 5.41. The van der Waals surface area contributed by atoms with E-state index in [0.29, 0.717) is 58.4 Å². The second kappa shape index (κ2) is 16.6. The highest BCUT2D eigenvalue weighted by Crippen LogP contribution is 2.37. The molecule has 0 saturated carbocycles. The number of hydrogen-bond acceptors (Lipinski definition) is 10. The zero-order valence-electron chi connectivity index (χ0n) is 31.3. The largest absolute Gasteiger partial charge is 0.444 e. The molecule has 1 aromatic carbocycles. The number of nitrogens with zero attached hydrogens (tertiary/aromatic N) is 5. The van der Waals surface area contributed by atoms with Gasteiger partial charge in [-0.25, -0.2) is 14.2 Å². The lowest BCUT2D eigenvalue weighted by molar-refractivity contribution is -0.118. The minimum Gasteiger partial charge on any atom is -0.444 e. The Labute approximate surface area is 311 Å². The number of piperazine rings is 1. The highest BCUT2D eigenvalue weighted by atomic mass is 35.5. The normalized spacial score (nSPS) is 17.3. The van der Waals surface area contributed by atoms with Crippen molar-refractivity contribution in [1.82, 2.24) is 25.0 Å². The van der Waals surface area contributed by atoms with Crippen molar-refractivity contribution >= 4 is 60.9 Å². The first-order chi connectivity index (χ1) is 23.7. The van der Waals surface area contributed by atoms with E-state index in [1.165, 1.54) is 30.0 Å². The van der Waals surface area contributed by atoms with Crippen molar-refractivity contribution in [1.29, 1.82) is 0 Å². The van der Waals surface area contributed by atoms with E-state index in [2.05, 4.69) is 59.7 Å². The third-order valence-electron chi connectivity index (χ3n) is 8.83. The summed E-state index contributed by atoms with van der Waals surface area (Å²) in [5.74, 6) is 0.305. The topological polar surface area (TPSA) is 122 Å². The van der Waals surface area contributed by atoms with Crippen molar-refractivity contribution in [2.75, 3.05) is 42.6 Å². The van der Waals surface area contributed by atoms with Gasteiger partial charge in [-0.1, -0.05) is 32.4 Å². The first kappa shape index (κ1) is 40.5. The third kappa shape index (κ3) is 11.3. The summed E-state index contributed by atoms with van der Waals surface area (Å²) in [4.78, 5) is 34.1. The fraction of sp³-hybridized carbons (Fsp3) is 0.528. The average molecular weight is 760 g/mol. The summed E-state index contributed by atoms with van der Waals surface area (Å²) < 4.78 is 26.8. The van der Waals surface area contributed by atoms with Crippen LogP contribution in [0.2, 0.25) is 23.2 Å². The Morgan fingerprint density at radius 1 is 1.04 bits per heavy atom. The smallest absolute Gasteiger partial charge is 0.410 e. The van der Waals surface area contributed by atoms with Crippen molar-refractivity contribution in [3.05, 3.63) is 53.4 Å². The van der Waals surface area contributed by atoms with Gasteiger partial charge in [-0.3, -0.25) is 9.69 Å². The van der Waals surface area contributed by atoms with Gasteiger partial charge in [0.2, 0.25) is 5.91 Å². The molecule has 1 aliphatic rings. The van der Waals surface area contributed by atoms with Crippen LogP contribution in [0, 0.1) is 5.82 Å². The van der Waals surface area contributed by atoms with Gasteiger partial charge in [-0.15, -0.1) is 22.0 Å². The molecule has 278 valence electrons. The number of benzene rings is 1. The molecule has 2 N–H and O–H groups in total. The lowest BCUT2D eigenvalue weighted by Gasteiger charge is -2.44. The van der Waals surface area contributed by atoms with Crippen molar-refractivity contribution in [3.8, 4) is 11.3 Å². The molecule has 0 radical (unpaired) electrons. The van der Waals surface area contributed by atoms with Crippen molar-refractivity contribution in [3.63, 3.8) is 0 Å². The van der Waals surface area contributed by atoms with Gasteiger partial charge in [0, 0.05) is 66.1 Å². The van der Waals surface area contributed by atoms with Gasteiger partial charge in [-0.05, 0) is 83.1 Å². The van der Waals surface area contributed by atoms with Crippen molar-refractivity contribution < 1.29 is 23.1 Å². The molecule has 2 aromatic heterocycles. The molecule has 2 atom stereocenters. The standard InChI is InChI=1S/C36H51ClFN7O4SSi/c1-23-20-44(21-24(2)45(23)34(47)49-35(3,4)5)22-32(46)41-31-18-26(13-14-39-31)40-30-19-29(27-17-25(37)11-12-28(27)38)42-43-33(30)50-16-15-48-51(9,10)36(6,7)8/h11-14,17-19,23-24H,15-16,20-22H2,1-10H3,(H2,39,40,41,42,46). The van der Waals surface area contributed by atoms with E-state index in [9.17, 15) is 14.0 Å². The molecule has 0 bridgehead atoms. The van der Waals surface area contributed by atoms with Crippen LogP contribution in [0.4, 0.5) is 26.4 Å². The minimum absolute atomic E-state index is 0.0922. The number of pyridine rings is 1. The number of carbonyl (C=O) groups is 2. The molecular formula is C36H51ClFN7O4SSi. The maximum atomic E-state index is 14.8. The highest BCUT2D eigenvalue weighted by molar-refractivity contribution is 7.99. The molecular weight excluding hydrogens is 709 g/mol. The second-order valence-corrected chi connectivity index (χ2v) is 21.7. The number of anilines is 3. The van der Waals surface area contributed by atoms with Crippen LogP contribution in [0.25, 0.3) is 11.3 Å². The Bertz CT molecular complexity index is 1690. The Balaban J connectivity index is 1.46. The van der Waals surface area contributed by atoms with E-state index in [-0.39, 0.29) is 41.2 Å². The first-order valence-corrected chi connectivity index (χ1v) is 21.4. The van der Waals surface area contributed by atoms with E-state index in [1.807, 2.05) is 39.5 Å². The van der Waals surface area contributed by atoms with Crippen molar-refractivity contribution in [2.24, 2.45) is 0 Å². The quantitative estimate of drug-likeness (QED) is 0.112. The van der Waals surface area contributed by atoms with Crippen LogP contribution in [0.15, 0.2) is 47.6 Å². The van der Waals surface area contributed by atoms with Gasteiger partial charge >= 0.3 is 6.09 Å². The zero-order valence-corrected chi connectivity index (χ0v) is 33.8. The number of rotatable bonds is 11. The van der Waals surface area contributed by atoms with E-state index >= 15 is 0 Å². The average Bonchev–Trinajstić information content (AvgIpc) is 2.99. The molecule has 15 heteroatoms. The van der Waals surface area contributed by atoms with Gasteiger partial charge in [0.1, 0.15) is 22.3 Å². The number of aromatic nitrogens is 3. The van der Waals surface area contributed by atoms with E-state index in [1.54, 1.807) is 29.3 Å². The molecule has 2 amide bonds. The summed E-state index contributed by atoms with van der Waals surface area (Å²) in [6, 6.07) is 9.26. The van der Waals surface area contributed by atoms with Crippen LogP contribution in [0.5, 0.6) is 0 Å². The van der Waals surface area contributed by atoms with E-state index < -0.39 is 19.7 Å². The molecule has 3 heterocycles. The zero-order chi connectivity index (χ0) is 37.7. The molecule has 51 heavy (non-hydrogen) atoms. The first-order valence-electron chi connectivity index (χ1n) is 17.1. The fourth-order valence-corrected chi connectivity index (χ4v) is 7.50. The molecule has 11 nitrogen and oxygen atoms in total. The number of halogens is 2. The van der Waals surface area contributed by atoms with Gasteiger partial charge in [0.25, 0.3) is 0 Å². The van der Waals surface area contributed by atoms with Crippen molar-refractivity contribution in [2.45, 2.75) is 96.2 Å². The maximum absolute atomic E-state index is 14.8. The number of ether oxygens (including phenoxy) is 1. The lowest BCUT2D eigenvalue weighted by atomic mass is 10.1. The Hall–Kier alpha value is -3.30. The predicted molar refractivity (Wildman–Crippen MR) is 206 cm³/mol. The molecule has 4 rings (SSSR count). The van der Waals surface area contributed by atoms with Crippen LogP contribution < -0.4 is 10.6 Å². The SMILES string of the molecule is CC1CN(CC(=O)Nc2cc(Nc3cc(-c4cc(Cl)ccc4F)nnc3SCCO[Si](C)(C)C(C)(C)C)ccn2)CC(C)N1C(=O)OC(C)(C)C. The lowest BCUT2D eigenvalue weighted by Crippen LogP contribution is -2.60. The van der Waals surface area contributed by atoms with Gasteiger partial charge in [0.05, 0.1) is 17.9 Å². The summed E-state index contributed by atoms with van der Waals surface area (Å²) in [6.07, 6.45) is 1.24. The molecule has 1 saturated heterocycles. The molecule has 1 fully saturated rings. The van der Waals surface area contributed by atoms with E-state index in [4.69, 9.17) is 20.8 Å². The van der Waals surface area contributed by atoms with Crippen LogP contribution >= 0.6 is 23.4 Å². The van der Waals surface area contributed by atoms with Crippen LogP contribution in [0.1, 0.15) is 55.4 Å². The van der Waals surface area contributed by atoms with E-state index in [0.717, 1.165) is 0 Å². The molecule has 1 aliphatic heterocycles. The number of amides is 2.